The molecule has 1 heterocycles. The van der Waals surface area contributed by atoms with Gasteiger partial charge in [-0.1, -0.05) is 18.1 Å². The molecular weight excluding hydrogens is 270 g/mol. The van der Waals surface area contributed by atoms with E-state index >= 15 is 0 Å². The third-order valence-corrected chi connectivity index (χ3v) is 4.05. The molecule has 5 nitrogen and oxygen atoms in total. The van der Waals surface area contributed by atoms with Gasteiger partial charge in [0.05, 0.1) is 5.92 Å². The first-order valence-electron chi connectivity index (χ1n) is 7.08. The van der Waals surface area contributed by atoms with E-state index in [0.29, 0.717) is 18.4 Å². The van der Waals surface area contributed by atoms with Gasteiger partial charge in [-0.15, -0.1) is 0 Å². The summed E-state index contributed by atoms with van der Waals surface area (Å²) in [6, 6.07) is 7.08. The maximum atomic E-state index is 12.2. The topological polar surface area (TPSA) is 79.5 Å². The summed E-state index contributed by atoms with van der Waals surface area (Å²) in [6.45, 7) is 1.97. The lowest BCUT2D eigenvalue weighted by molar-refractivity contribution is -0.142. The molecule has 1 saturated carbocycles. The Morgan fingerprint density at radius 3 is 2.86 bits per heavy atom. The maximum absolute atomic E-state index is 12.2. The SMILES string of the molecule is Cc1ccc2oc(C(=O)N[C@@H]3CCC[C@@H]3C(=O)O)cc2c1. The van der Waals surface area contributed by atoms with Crippen LogP contribution in [0.1, 0.15) is 35.4 Å². The van der Waals surface area contributed by atoms with Gasteiger partial charge in [0.25, 0.3) is 5.91 Å². The van der Waals surface area contributed by atoms with Crippen LogP contribution >= 0.6 is 0 Å². The fraction of sp³-hybridized carbons (Fsp3) is 0.375. The number of hydrogen-bond donors (Lipinski definition) is 2. The second-order valence-electron chi connectivity index (χ2n) is 5.61. The first-order valence-corrected chi connectivity index (χ1v) is 7.08. The van der Waals surface area contributed by atoms with E-state index < -0.39 is 11.9 Å². The van der Waals surface area contributed by atoms with E-state index in [1.54, 1.807) is 6.07 Å². The third kappa shape index (κ3) is 2.63. The summed E-state index contributed by atoms with van der Waals surface area (Å²) in [4.78, 5) is 23.4. The minimum absolute atomic E-state index is 0.228. The van der Waals surface area contributed by atoms with Crippen LogP contribution in [0.15, 0.2) is 28.7 Å². The van der Waals surface area contributed by atoms with Crippen molar-refractivity contribution in [1.82, 2.24) is 5.32 Å². The number of carbonyl (C=O) groups excluding carboxylic acids is 1. The summed E-state index contributed by atoms with van der Waals surface area (Å²) in [6.07, 6.45) is 2.13. The summed E-state index contributed by atoms with van der Waals surface area (Å²) >= 11 is 0. The molecule has 0 aliphatic heterocycles. The lowest BCUT2D eigenvalue weighted by Gasteiger charge is -2.16. The minimum Gasteiger partial charge on any atom is -0.481 e. The molecule has 0 unspecified atom stereocenters. The molecule has 0 spiro atoms. The zero-order chi connectivity index (χ0) is 15.0. The Hall–Kier alpha value is -2.30. The summed E-state index contributed by atoms with van der Waals surface area (Å²) in [7, 11) is 0. The van der Waals surface area contributed by atoms with Gasteiger partial charge in [-0.25, -0.2) is 0 Å². The number of carbonyl (C=O) groups is 2. The quantitative estimate of drug-likeness (QED) is 0.909. The average Bonchev–Trinajstić information content (AvgIpc) is 3.04. The molecule has 21 heavy (non-hydrogen) atoms. The molecule has 0 radical (unpaired) electrons. The summed E-state index contributed by atoms with van der Waals surface area (Å²) in [5.41, 5.74) is 1.75. The van der Waals surface area contributed by atoms with Gasteiger partial charge in [0.15, 0.2) is 5.76 Å². The van der Waals surface area contributed by atoms with Crippen LogP contribution in [0, 0.1) is 12.8 Å². The van der Waals surface area contributed by atoms with E-state index in [1.165, 1.54) is 0 Å². The highest BCUT2D eigenvalue weighted by Gasteiger charge is 2.34. The van der Waals surface area contributed by atoms with Crippen LogP contribution in [-0.4, -0.2) is 23.0 Å². The number of aryl methyl sites for hydroxylation is 1. The maximum Gasteiger partial charge on any atom is 0.308 e. The van der Waals surface area contributed by atoms with Crippen molar-refractivity contribution < 1.29 is 19.1 Å². The van der Waals surface area contributed by atoms with Crippen molar-refractivity contribution >= 4 is 22.8 Å². The number of fused-ring (bicyclic) bond motifs is 1. The molecule has 2 N–H and O–H groups in total. The summed E-state index contributed by atoms with van der Waals surface area (Å²) < 4.78 is 5.53. The molecule has 1 aliphatic rings. The molecule has 5 heteroatoms. The number of aliphatic carboxylic acids is 1. The van der Waals surface area contributed by atoms with Crippen molar-refractivity contribution in [3.05, 3.63) is 35.6 Å². The Bertz CT molecular complexity index is 703. The standard InChI is InChI=1S/C16H17NO4/c1-9-5-6-13-10(7-9)8-14(21-13)15(18)17-12-4-2-3-11(12)16(19)20/h5-8,11-12H,2-4H2,1H3,(H,17,18)(H,19,20)/t11-,12+/m0/s1. The fourth-order valence-corrected chi connectivity index (χ4v) is 2.94. The van der Waals surface area contributed by atoms with Crippen molar-refractivity contribution in [3.63, 3.8) is 0 Å². The smallest absolute Gasteiger partial charge is 0.308 e. The molecule has 2 aromatic rings. The van der Waals surface area contributed by atoms with Crippen LogP contribution in [0.3, 0.4) is 0 Å². The first kappa shape index (κ1) is 13.7. The highest BCUT2D eigenvalue weighted by atomic mass is 16.4. The number of amides is 1. The second kappa shape index (κ2) is 5.24. The zero-order valence-electron chi connectivity index (χ0n) is 11.8. The summed E-state index contributed by atoms with van der Waals surface area (Å²) in [5, 5.41) is 12.8. The Balaban J connectivity index is 1.79. The normalized spacial score (nSPS) is 21.6. The number of hydrogen-bond acceptors (Lipinski definition) is 3. The average molecular weight is 287 g/mol. The van der Waals surface area contributed by atoms with Gasteiger partial charge in [-0.05, 0) is 38.0 Å². The van der Waals surface area contributed by atoms with E-state index in [-0.39, 0.29) is 17.7 Å². The number of carboxylic acids is 1. The van der Waals surface area contributed by atoms with Crippen molar-refractivity contribution in [3.8, 4) is 0 Å². The zero-order valence-corrected chi connectivity index (χ0v) is 11.8. The van der Waals surface area contributed by atoms with Crippen LogP contribution < -0.4 is 5.32 Å². The van der Waals surface area contributed by atoms with E-state index in [9.17, 15) is 9.59 Å². The molecule has 0 saturated heterocycles. The van der Waals surface area contributed by atoms with Crippen molar-refractivity contribution in [2.75, 3.05) is 0 Å². The predicted octanol–water partition coefficient (Wildman–Crippen LogP) is 2.72. The van der Waals surface area contributed by atoms with E-state index in [0.717, 1.165) is 17.4 Å². The largest absolute Gasteiger partial charge is 0.481 e. The monoisotopic (exact) mass is 287 g/mol. The predicted molar refractivity (Wildman–Crippen MR) is 77.2 cm³/mol. The van der Waals surface area contributed by atoms with Gasteiger partial charge in [0.2, 0.25) is 0 Å². The number of benzene rings is 1. The molecule has 1 amide bonds. The molecule has 1 aliphatic carbocycles. The van der Waals surface area contributed by atoms with Gasteiger partial charge in [-0.2, -0.15) is 0 Å². The number of carboxylic acid groups (broad SMARTS) is 1. The number of rotatable bonds is 3. The third-order valence-electron chi connectivity index (χ3n) is 4.05. The van der Waals surface area contributed by atoms with Crippen LogP contribution in [0.25, 0.3) is 11.0 Å². The molecule has 2 atom stereocenters. The molecule has 0 bridgehead atoms. The van der Waals surface area contributed by atoms with Gasteiger partial charge in [0, 0.05) is 11.4 Å². The second-order valence-corrected chi connectivity index (χ2v) is 5.61. The van der Waals surface area contributed by atoms with Gasteiger partial charge in [0.1, 0.15) is 5.58 Å². The Labute approximate surface area is 121 Å². The lowest BCUT2D eigenvalue weighted by Crippen LogP contribution is -2.40. The lowest BCUT2D eigenvalue weighted by atomic mass is 10.0. The Morgan fingerprint density at radius 2 is 2.10 bits per heavy atom. The van der Waals surface area contributed by atoms with E-state index in [4.69, 9.17) is 9.52 Å². The molecule has 1 aromatic carbocycles. The highest BCUT2D eigenvalue weighted by Crippen LogP contribution is 2.27. The first-order chi connectivity index (χ1) is 10.0. The molecule has 110 valence electrons. The van der Waals surface area contributed by atoms with Gasteiger partial charge < -0.3 is 14.8 Å². The van der Waals surface area contributed by atoms with Crippen molar-refractivity contribution in [1.29, 1.82) is 0 Å². The highest BCUT2D eigenvalue weighted by molar-refractivity contribution is 5.96. The van der Waals surface area contributed by atoms with E-state index in [1.807, 2.05) is 25.1 Å². The number of furan rings is 1. The van der Waals surface area contributed by atoms with Gasteiger partial charge in [-0.3, -0.25) is 9.59 Å². The van der Waals surface area contributed by atoms with Gasteiger partial charge >= 0.3 is 5.97 Å². The van der Waals surface area contributed by atoms with Crippen LogP contribution in [-0.2, 0) is 4.79 Å². The number of nitrogens with one attached hydrogen (secondary N) is 1. The molecular formula is C16H17NO4. The molecule has 3 rings (SSSR count). The molecule has 1 fully saturated rings. The minimum atomic E-state index is -0.849. The van der Waals surface area contributed by atoms with E-state index in [2.05, 4.69) is 5.32 Å². The van der Waals surface area contributed by atoms with Crippen LogP contribution in [0.4, 0.5) is 0 Å². The van der Waals surface area contributed by atoms with Crippen LogP contribution in [0.5, 0.6) is 0 Å². The van der Waals surface area contributed by atoms with Crippen LogP contribution in [0.2, 0.25) is 0 Å². The Kier molecular flexibility index (Phi) is 3.41. The fourth-order valence-electron chi connectivity index (χ4n) is 2.94. The Morgan fingerprint density at radius 1 is 1.29 bits per heavy atom. The van der Waals surface area contributed by atoms with Crippen molar-refractivity contribution in [2.24, 2.45) is 5.92 Å². The van der Waals surface area contributed by atoms with Crippen molar-refractivity contribution in [2.45, 2.75) is 32.2 Å². The summed E-state index contributed by atoms with van der Waals surface area (Å²) in [5.74, 6) is -1.47. The molecule has 1 aromatic heterocycles.